The van der Waals surface area contributed by atoms with Crippen LogP contribution in [0.5, 0.6) is 0 Å². The molecule has 0 aliphatic carbocycles. The number of hydrogen-bond acceptors (Lipinski definition) is 5. The van der Waals surface area contributed by atoms with E-state index in [1.165, 1.54) is 0 Å². The number of carbonyl (C=O) groups is 1. The number of nitrogens with one attached hydrogen (secondary N) is 1. The number of nitrogens with zero attached hydrogens (tertiary/aromatic N) is 1. The summed E-state index contributed by atoms with van der Waals surface area (Å²) in [5.41, 5.74) is 0.869. The Kier molecular flexibility index (Phi) is 5.52. The fraction of sp³-hybridized carbons (Fsp3) is 0.533. The van der Waals surface area contributed by atoms with E-state index in [4.69, 9.17) is 4.74 Å². The van der Waals surface area contributed by atoms with Crippen molar-refractivity contribution in [2.75, 3.05) is 32.8 Å². The lowest BCUT2D eigenvalue weighted by Gasteiger charge is -2.35. The normalized spacial score (nSPS) is 21.4. The molecule has 2 N–H and O–H groups in total. The molecule has 0 bridgehead atoms. The first kappa shape index (κ1) is 15.0. The van der Waals surface area contributed by atoms with Crippen molar-refractivity contribution in [2.45, 2.75) is 19.1 Å². The van der Waals surface area contributed by atoms with Crippen molar-refractivity contribution in [3.63, 3.8) is 0 Å². The van der Waals surface area contributed by atoms with Gasteiger partial charge < -0.3 is 15.2 Å². The lowest BCUT2D eigenvalue weighted by atomic mass is 10.1. The van der Waals surface area contributed by atoms with Crippen LogP contribution in [0.2, 0.25) is 0 Å². The van der Waals surface area contributed by atoms with Gasteiger partial charge in [0.05, 0.1) is 12.7 Å². The first-order valence-electron chi connectivity index (χ1n) is 7.06. The number of benzene rings is 1. The summed E-state index contributed by atoms with van der Waals surface area (Å²) < 4.78 is 5.10. The lowest BCUT2D eigenvalue weighted by Crippen LogP contribution is -2.56. The molecule has 20 heavy (non-hydrogen) atoms. The predicted molar refractivity (Wildman–Crippen MR) is 76.3 cm³/mol. The van der Waals surface area contributed by atoms with Crippen molar-refractivity contribution in [1.82, 2.24) is 10.2 Å². The number of esters is 1. The molecule has 1 saturated heterocycles. The monoisotopic (exact) mass is 278 g/mol. The summed E-state index contributed by atoms with van der Waals surface area (Å²) in [6, 6.07) is 9.20. The molecule has 2 rings (SSSR count). The Morgan fingerprint density at radius 1 is 1.50 bits per heavy atom. The molecule has 0 amide bonds. The van der Waals surface area contributed by atoms with Crippen LogP contribution in [-0.2, 0) is 9.53 Å². The van der Waals surface area contributed by atoms with Gasteiger partial charge in [0, 0.05) is 26.2 Å². The van der Waals surface area contributed by atoms with Gasteiger partial charge in [-0.1, -0.05) is 30.3 Å². The summed E-state index contributed by atoms with van der Waals surface area (Å²) in [6.45, 7) is 4.74. The van der Waals surface area contributed by atoms with Crippen LogP contribution in [0, 0.1) is 0 Å². The average Bonchev–Trinajstić information content (AvgIpc) is 2.49. The standard InChI is InChI=1S/C15H22N2O3/c1-2-20-15(19)13-10-16-8-9-17(13)11-14(18)12-6-4-3-5-7-12/h3-7,13-14,16,18H,2,8-11H2,1H3. The Morgan fingerprint density at radius 2 is 2.25 bits per heavy atom. The van der Waals surface area contributed by atoms with Crippen LogP contribution < -0.4 is 5.32 Å². The number of hydrogen-bond donors (Lipinski definition) is 2. The van der Waals surface area contributed by atoms with Crippen molar-refractivity contribution in [3.8, 4) is 0 Å². The minimum atomic E-state index is -0.591. The molecule has 1 aliphatic rings. The van der Waals surface area contributed by atoms with Crippen LogP contribution in [0.15, 0.2) is 30.3 Å². The molecule has 5 heteroatoms. The van der Waals surface area contributed by atoms with Gasteiger partial charge >= 0.3 is 5.97 Å². The molecule has 0 aromatic heterocycles. The highest BCUT2D eigenvalue weighted by atomic mass is 16.5. The molecule has 5 nitrogen and oxygen atoms in total. The van der Waals surface area contributed by atoms with Gasteiger partial charge in [-0.15, -0.1) is 0 Å². The highest BCUT2D eigenvalue weighted by Crippen LogP contribution is 2.16. The summed E-state index contributed by atoms with van der Waals surface area (Å²) >= 11 is 0. The van der Waals surface area contributed by atoms with Gasteiger partial charge in [0.15, 0.2) is 0 Å². The first-order valence-corrected chi connectivity index (χ1v) is 7.06. The van der Waals surface area contributed by atoms with Crippen LogP contribution in [0.25, 0.3) is 0 Å². The van der Waals surface area contributed by atoms with Gasteiger partial charge in [-0.05, 0) is 12.5 Å². The van der Waals surface area contributed by atoms with Crippen LogP contribution in [-0.4, -0.2) is 54.8 Å². The summed E-state index contributed by atoms with van der Waals surface area (Å²) in [7, 11) is 0. The number of β-amino-alcohol motifs (C(OH)–C–C–N with tert-alkyl or cyclic N) is 1. The van der Waals surface area contributed by atoms with E-state index in [0.717, 1.165) is 18.7 Å². The zero-order valence-electron chi connectivity index (χ0n) is 11.8. The van der Waals surface area contributed by atoms with Crippen LogP contribution in [0.3, 0.4) is 0 Å². The smallest absolute Gasteiger partial charge is 0.324 e. The fourth-order valence-corrected chi connectivity index (χ4v) is 2.44. The number of aliphatic hydroxyl groups is 1. The molecule has 2 unspecified atom stereocenters. The number of carbonyl (C=O) groups excluding carboxylic acids is 1. The fourth-order valence-electron chi connectivity index (χ4n) is 2.44. The van der Waals surface area contributed by atoms with Crippen molar-refractivity contribution in [3.05, 3.63) is 35.9 Å². The van der Waals surface area contributed by atoms with Crippen molar-refractivity contribution in [2.24, 2.45) is 0 Å². The summed E-state index contributed by atoms with van der Waals surface area (Å²) in [6.07, 6.45) is -0.591. The molecule has 1 aliphatic heterocycles. The largest absolute Gasteiger partial charge is 0.465 e. The molecule has 1 aromatic rings. The van der Waals surface area contributed by atoms with E-state index < -0.39 is 6.10 Å². The van der Waals surface area contributed by atoms with Crippen LogP contribution in [0.1, 0.15) is 18.6 Å². The second-order valence-corrected chi connectivity index (χ2v) is 4.89. The minimum Gasteiger partial charge on any atom is -0.465 e. The lowest BCUT2D eigenvalue weighted by molar-refractivity contribution is -0.150. The summed E-state index contributed by atoms with van der Waals surface area (Å²) in [5, 5.41) is 13.5. The Labute approximate surface area is 119 Å². The zero-order valence-corrected chi connectivity index (χ0v) is 11.8. The van der Waals surface area contributed by atoms with Crippen LogP contribution in [0.4, 0.5) is 0 Å². The highest BCUT2D eigenvalue weighted by Gasteiger charge is 2.31. The summed E-state index contributed by atoms with van der Waals surface area (Å²) in [4.78, 5) is 13.9. The maximum absolute atomic E-state index is 11.9. The van der Waals surface area contributed by atoms with E-state index in [1.807, 2.05) is 35.2 Å². The first-order chi connectivity index (χ1) is 9.72. The maximum atomic E-state index is 11.9. The van der Waals surface area contributed by atoms with E-state index in [1.54, 1.807) is 6.92 Å². The molecule has 0 radical (unpaired) electrons. The molecule has 0 saturated carbocycles. The highest BCUT2D eigenvalue weighted by molar-refractivity contribution is 5.76. The molecule has 1 heterocycles. The molecule has 2 atom stereocenters. The van der Waals surface area contributed by atoms with Crippen molar-refractivity contribution >= 4 is 5.97 Å². The molecular weight excluding hydrogens is 256 g/mol. The van der Waals surface area contributed by atoms with E-state index in [0.29, 0.717) is 19.7 Å². The van der Waals surface area contributed by atoms with E-state index in [9.17, 15) is 9.90 Å². The van der Waals surface area contributed by atoms with E-state index in [2.05, 4.69) is 5.32 Å². The molecule has 1 aromatic carbocycles. The Hall–Kier alpha value is -1.43. The topological polar surface area (TPSA) is 61.8 Å². The third kappa shape index (κ3) is 3.79. The third-order valence-corrected chi connectivity index (χ3v) is 3.50. The van der Waals surface area contributed by atoms with E-state index >= 15 is 0 Å². The zero-order chi connectivity index (χ0) is 14.4. The second kappa shape index (κ2) is 7.38. The number of aliphatic hydroxyl groups excluding tert-OH is 1. The Morgan fingerprint density at radius 3 is 2.95 bits per heavy atom. The summed E-state index contributed by atoms with van der Waals surface area (Å²) in [5.74, 6) is -0.222. The molecule has 1 fully saturated rings. The van der Waals surface area contributed by atoms with Crippen molar-refractivity contribution < 1.29 is 14.6 Å². The van der Waals surface area contributed by atoms with Gasteiger partial charge in [0.25, 0.3) is 0 Å². The molecule has 110 valence electrons. The molecule has 0 spiro atoms. The van der Waals surface area contributed by atoms with Crippen LogP contribution >= 0.6 is 0 Å². The molecular formula is C15H22N2O3. The van der Waals surface area contributed by atoms with Gasteiger partial charge in [-0.25, -0.2) is 0 Å². The average molecular weight is 278 g/mol. The third-order valence-electron chi connectivity index (χ3n) is 3.50. The van der Waals surface area contributed by atoms with Gasteiger partial charge in [-0.2, -0.15) is 0 Å². The van der Waals surface area contributed by atoms with Gasteiger partial charge in [0.1, 0.15) is 6.04 Å². The van der Waals surface area contributed by atoms with Gasteiger partial charge in [-0.3, -0.25) is 9.69 Å². The Balaban J connectivity index is 2.00. The quantitative estimate of drug-likeness (QED) is 0.771. The maximum Gasteiger partial charge on any atom is 0.324 e. The second-order valence-electron chi connectivity index (χ2n) is 4.89. The number of rotatable bonds is 5. The predicted octanol–water partition coefficient (Wildman–Crippen LogP) is 0.557. The van der Waals surface area contributed by atoms with Gasteiger partial charge in [0.2, 0.25) is 0 Å². The Bertz CT molecular complexity index is 424. The van der Waals surface area contributed by atoms with Crippen molar-refractivity contribution in [1.29, 1.82) is 0 Å². The minimum absolute atomic E-state index is 0.222. The van der Waals surface area contributed by atoms with E-state index in [-0.39, 0.29) is 12.0 Å². The number of ether oxygens (including phenoxy) is 1. The SMILES string of the molecule is CCOC(=O)C1CNCCN1CC(O)c1ccccc1. The number of piperazine rings is 1.